The number of nitrogens with zero attached hydrogens (tertiary/aromatic N) is 6. The third kappa shape index (κ3) is 5.22. The molecule has 0 spiro atoms. The van der Waals surface area contributed by atoms with Crippen molar-refractivity contribution in [3.8, 4) is 23.1 Å². The second-order valence-corrected chi connectivity index (χ2v) is 7.62. The highest BCUT2D eigenvalue weighted by Gasteiger charge is 2.15. The van der Waals surface area contributed by atoms with Crippen LogP contribution in [0.25, 0.3) is 5.82 Å². The second-order valence-electron chi connectivity index (χ2n) is 7.62. The van der Waals surface area contributed by atoms with Gasteiger partial charge in [-0.15, -0.1) is 5.10 Å². The third-order valence-corrected chi connectivity index (χ3v) is 5.26. The van der Waals surface area contributed by atoms with E-state index in [0.29, 0.717) is 48.2 Å². The predicted molar refractivity (Wildman–Crippen MR) is 127 cm³/mol. The molecule has 0 saturated carbocycles. The monoisotopic (exact) mass is 461 g/mol. The Balaban J connectivity index is 1.59. The molecule has 34 heavy (non-hydrogen) atoms. The molecule has 2 N–H and O–H groups in total. The molecule has 0 unspecified atom stereocenters. The van der Waals surface area contributed by atoms with E-state index < -0.39 is 0 Å². The molecule has 0 fully saturated rings. The zero-order valence-corrected chi connectivity index (χ0v) is 19.6. The molecule has 0 aliphatic rings. The van der Waals surface area contributed by atoms with Gasteiger partial charge >= 0.3 is 0 Å². The van der Waals surface area contributed by atoms with Crippen LogP contribution >= 0.6 is 0 Å². The van der Waals surface area contributed by atoms with Gasteiger partial charge in [-0.25, -0.2) is 9.97 Å². The molecule has 3 aromatic heterocycles. The van der Waals surface area contributed by atoms with E-state index in [1.54, 1.807) is 32.2 Å². The molecule has 10 nitrogen and oxygen atoms in total. The molecule has 0 saturated heterocycles. The highest BCUT2D eigenvalue weighted by Crippen LogP contribution is 2.28. The Kier molecular flexibility index (Phi) is 6.86. The molecule has 0 atom stereocenters. The van der Waals surface area contributed by atoms with Crippen molar-refractivity contribution >= 4 is 5.95 Å². The van der Waals surface area contributed by atoms with Gasteiger partial charge in [0.05, 0.1) is 21.3 Å². The molecule has 0 amide bonds. The number of aryl methyl sites for hydroxylation is 3. The molecule has 0 aliphatic heterocycles. The Morgan fingerprint density at radius 3 is 2.41 bits per heavy atom. The lowest BCUT2D eigenvalue weighted by Gasteiger charge is -2.11. The van der Waals surface area contributed by atoms with Gasteiger partial charge in [-0.3, -0.25) is 4.98 Å². The topological polar surface area (TPSA) is 123 Å². The zero-order chi connectivity index (χ0) is 24.1. The average molecular weight is 462 g/mol. The number of pyridine rings is 1. The fourth-order valence-electron chi connectivity index (χ4n) is 3.66. The third-order valence-electron chi connectivity index (χ3n) is 5.26. The van der Waals surface area contributed by atoms with E-state index in [0.717, 1.165) is 22.7 Å². The summed E-state index contributed by atoms with van der Waals surface area (Å²) in [6, 6.07) is 11.4. The lowest BCUT2D eigenvalue weighted by molar-refractivity contribution is 0.354. The summed E-state index contributed by atoms with van der Waals surface area (Å²) in [6.07, 6.45) is 3.62. The summed E-state index contributed by atoms with van der Waals surface area (Å²) in [5, 5.41) is 4.38. The molecule has 1 aromatic carbocycles. The first-order valence-corrected chi connectivity index (χ1v) is 10.7. The highest BCUT2D eigenvalue weighted by molar-refractivity contribution is 5.44. The molecule has 176 valence electrons. The van der Waals surface area contributed by atoms with Crippen molar-refractivity contribution in [3.63, 3.8) is 0 Å². The standard InChI is InChI=1S/C24H27N7O3/c1-15-27-18(7-6-17-13-19(32-2)9-10-26-17)14-23(28-15)31-22(29-24(25)30-31)12-16-5-8-20(33-3)21(11-16)34-4/h5,8-11,13-14H,6-7,12H2,1-4H3,(H2,25,30). The number of methoxy groups -OCH3 is 3. The van der Waals surface area contributed by atoms with E-state index in [1.807, 2.05) is 43.3 Å². The molecule has 0 bridgehead atoms. The summed E-state index contributed by atoms with van der Waals surface area (Å²) in [6.45, 7) is 1.85. The summed E-state index contributed by atoms with van der Waals surface area (Å²) in [5.74, 6) is 4.16. The second kappa shape index (κ2) is 10.2. The van der Waals surface area contributed by atoms with Gasteiger partial charge in [0.15, 0.2) is 17.3 Å². The lowest BCUT2D eigenvalue weighted by atomic mass is 10.1. The summed E-state index contributed by atoms with van der Waals surface area (Å²) in [7, 11) is 4.85. The average Bonchev–Trinajstić information content (AvgIpc) is 3.22. The van der Waals surface area contributed by atoms with E-state index in [1.165, 1.54) is 0 Å². The van der Waals surface area contributed by atoms with Crippen LogP contribution in [-0.2, 0) is 19.3 Å². The summed E-state index contributed by atoms with van der Waals surface area (Å²) in [4.78, 5) is 18.0. The molecule has 4 rings (SSSR count). The van der Waals surface area contributed by atoms with E-state index in [9.17, 15) is 0 Å². The van der Waals surface area contributed by atoms with E-state index in [-0.39, 0.29) is 5.95 Å². The van der Waals surface area contributed by atoms with Gasteiger partial charge in [0.1, 0.15) is 17.4 Å². The first-order valence-electron chi connectivity index (χ1n) is 10.7. The van der Waals surface area contributed by atoms with Gasteiger partial charge in [-0.2, -0.15) is 9.67 Å². The number of anilines is 1. The fourth-order valence-corrected chi connectivity index (χ4v) is 3.66. The Hall–Kier alpha value is -4.21. The Labute approximate surface area is 197 Å². The Morgan fingerprint density at radius 1 is 0.853 bits per heavy atom. The number of nitrogens with two attached hydrogens (primary N) is 1. The van der Waals surface area contributed by atoms with Crippen molar-refractivity contribution in [3.05, 3.63) is 71.2 Å². The molecule has 3 heterocycles. The SMILES string of the molecule is COc1ccnc(CCc2cc(-n3nc(N)nc3Cc3ccc(OC)c(OC)c3)nc(C)n2)c1. The quantitative estimate of drug-likeness (QED) is 0.401. The summed E-state index contributed by atoms with van der Waals surface area (Å²) in [5.41, 5.74) is 8.73. The van der Waals surface area contributed by atoms with Crippen molar-refractivity contribution in [1.29, 1.82) is 0 Å². The minimum atomic E-state index is 0.175. The number of aromatic nitrogens is 6. The fraction of sp³-hybridized carbons (Fsp3) is 0.292. The van der Waals surface area contributed by atoms with Crippen LogP contribution in [0.3, 0.4) is 0 Å². The predicted octanol–water partition coefficient (Wildman–Crippen LogP) is 2.74. The molecule has 0 radical (unpaired) electrons. The van der Waals surface area contributed by atoms with Crippen LogP contribution in [0, 0.1) is 6.92 Å². The first kappa shape index (κ1) is 23.0. The van der Waals surface area contributed by atoms with E-state index in [4.69, 9.17) is 19.9 Å². The van der Waals surface area contributed by atoms with Crippen molar-refractivity contribution < 1.29 is 14.2 Å². The number of hydrogen-bond donors (Lipinski definition) is 1. The van der Waals surface area contributed by atoms with Crippen LogP contribution in [0.5, 0.6) is 17.2 Å². The minimum absolute atomic E-state index is 0.175. The number of nitrogen functional groups attached to an aromatic ring is 1. The van der Waals surface area contributed by atoms with Crippen molar-refractivity contribution in [2.75, 3.05) is 27.1 Å². The largest absolute Gasteiger partial charge is 0.497 e. The van der Waals surface area contributed by atoms with Crippen LogP contribution in [0.15, 0.2) is 42.6 Å². The van der Waals surface area contributed by atoms with E-state index in [2.05, 4.69) is 25.0 Å². The highest BCUT2D eigenvalue weighted by atomic mass is 16.5. The van der Waals surface area contributed by atoms with Gasteiger partial charge in [0.25, 0.3) is 0 Å². The lowest BCUT2D eigenvalue weighted by Crippen LogP contribution is -2.10. The van der Waals surface area contributed by atoms with E-state index >= 15 is 0 Å². The Morgan fingerprint density at radius 2 is 1.65 bits per heavy atom. The first-order chi connectivity index (χ1) is 16.5. The van der Waals surface area contributed by atoms with Gasteiger partial charge < -0.3 is 19.9 Å². The van der Waals surface area contributed by atoms with Crippen molar-refractivity contribution in [2.45, 2.75) is 26.2 Å². The maximum Gasteiger partial charge on any atom is 0.240 e. The van der Waals surface area contributed by atoms with Gasteiger partial charge in [-0.1, -0.05) is 6.07 Å². The van der Waals surface area contributed by atoms with Crippen LogP contribution in [0.1, 0.15) is 28.6 Å². The van der Waals surface area contributed by atoms with Gasteiger partial charge in [-0.05, 0) is 43.5 Å². The van der Waals surface area contributed by atoms with Crippen LogP contribution < -0.4 is 19.9 Å². The number of benzene rings is 1. The van der Waals surface area contributed by atoms with Crippen molar-refractivity contribution in [2.24, 2.45) is 0 Å². The van der Waals surface area contributed by atoms with Gasteiger partial charge in [0.2, 0.25) is 5.95 Å². The molecular weight excluding hydrogens is 434 g/mol. The van der Waals surface area contributed by atoms with Crippen LogP contribution in [0.4, 0.5) is 5.95 Å². The molecular formula is C24H27N7O3. The summed E-state index contributed by atoms with van der Waals surface area (Å²) >= 11 is 0. The normalized spacial score (nSPS) is 10.8. The Bertz CT molecular complexity index is 1290. The zero-order valence-electron chi connectivity index (χ0n) is 19.6. The number of ether oxygens (including phenoxy) is 3. The molecule has 0 aliphatic carbocycles. The van der Waals surface area contributed by atoms with Gasteiger partial charge in [0, 0.05) is 36.1 Å². The molecule has 4 aromatic rings. The van der Waals surface area contributed by atoms with Crippen LogP contribution in [0.2, 0.25) is 0 Å². The smallest absolute Gasteiger partial charge is 0.240 e. The maximum atomic E-state index is 5.96. The number of rotatable bonds is 9. The summed E-state index contributed by atoms with van der Waals surface area (Å²) < 4.78 is 17.7. The minimum Gasteiger partial charge on any atom is -0.497 e. The van der Waals surface area contributed by atoms with Crippen molar-refractivity contribution in [1.82, 2.24) is 29.7 Å². The number of hydrogen-bond acceptors (Lipinski definition) is 9. The van der Waals surface area contributed by atoms with Crippen LogP contribution in [-0.4, -0.2) is 51.0 Å². The molecule has 10 heteroatoms. The maximum absolute atomic E-state index is 5.96.